The van der Waals surface area contributed by atoms with Crippen molar-refractivity contribution < 1.29 is 43.7 Å². The second-order valence-electron chi connectivity index (χ2n) is 14.2. The number of hydrogen-bond donors (Lipinski definition) is 6. The number of ether oxygens (including phenoxy) is 1. The van der Waals surface area contributed by atoms with Crippen LogP contribution in [0.1, 0.15) is 119 Å². The van der Waals surface area contributed by atoms with E-state index >= 15 is 0 Å². The maximum absolute atomic E-state index is 14.0. The molecule has 14 heteroatoms. The van der Waals surface area contributed by atoms with Gasteiger partial charge < -0.3 is 41.1 Å². The molecule has 6 N–H and O–H groups in total. The summed E-state index contributed by atoms with van der Waals surface area (Å²) in [7, 11) is 1.52. The number of amides is 5. The Morgan fingerprint density at radius 2 is 1.38 bits per heavy atom. The molecule has 0 bridgehead atoms. The molecule has 1 aliphatic heterocycles. The normalized spacial score (nSPS) is 26.5. The van der Waals surface area contributed by atoms with Crippen LogP contribution in [0.4, 0.5) is 0 Å². The molecule has 0 aliphatic carbocycles. The first kappa shape index (κ1) is 44.8. The number of cyclic esters (lactones) is 1. The lowest BCUT2D eigenvalue weighted by Gasteiger charge is -2.34. The van der Waals surface area contributed by atoms with E-state index in [0.717, 1.165) is 25.7 Å². The van der Waals surface area contributed by atoms with Gasteiger partial charge in [0.1, 0.15) is 36.8 Å². The zero-order chi connectivity index (χ0) is 38.0. The number of hydrogen-bond acceptors (Lipinski definition) is 9. The number of carbonyl (C=O) groups is 6. The summed E-state index contributed by atoms with van der Waals surface area (Å²) < 4.78 is 5.79. The average molecular weight is 712 g/mol. The lowest BCUT2D eigenvalue weighted by Crippen LogP contribution is -2.61. The second kappa shape index (κ2) is 23.3. The molecule has 0 spiro atoms. The van der Waals surface area contributed by atoms with E-state index in [-0.39, 0.29) is 12.3 Å². The lowest BCUT2D eigenvalue weighted by atomic mass is 9.94. The molecule has 14 nitrogen and oxygen atoms in total. The predicted molar refractivity (Wildman–Crippen MR) is 189 cm³/mol. The van der Waals surface area contributed by atoms with Gasteiger partial charge >= 0.3 is 5.97 Å². The van der Waals surface area contributed by atoms with E-state index in [0.29, 0.717) is 19.3 Å². The third kappa shape index (κ3) is 14.9. The molecule has 5 amide bonds. The van der Waals surface area contributed by atoms with Crippen LogP contribution in [0.25, 0.3) is 0 Å². The molecule has 1 rings (SSSR count). The monoisotopic (exact) mass is 711 g/mol. The van der Waals surface area contributed by atoms with Gasteiger partial charge in [0.25, 0.3) is 0 Å². The molecule has 288 valence electrons. The van der Waals surface area contributed by atoms with Crippen molar-refractivity contribution in [3.63, 3.8) is 0 Å². The van der Waals surface area contributed by atoms with Crippen molar-refractivity contribution in [1.29, 1.82) is 0 Å². The summed E-state index contributed by atoms with van der Waals surface area (Å²) in [6.07, 6.45) is 7.29. The van der Waals surface area contributed by atoms with Gasteiger partial charge in [0.2, 0.25) is 29.5 Å². The van der Waals surface area contributed by atoms with E-state index in [1.807, 2.05) is 20.8 Å². The standard InChI is InChI=1S/C36H65N5O9/c1-9-11-12-13-14-15-16-17-18-28-24(6)36(49)41(8)27(19-22(3)4)33(46)39-30(23(5)10-2)35(48)38-26(21-42)32(45)40-31(25(7)43)34(47)37-20-29(44)50-28/h22-28,30-31,42-43H,9-21H2,1-8H3,(H,37,47)(H,38,48)(H,39,46)(H,40,45)/t23-,24-,25-,26+,27+,28-,30+,31+/m1/s1. The summed E-state index contributed by atoms with van der Waals surface area (Å²) in [6, 6.07) is -5.15. The van der Waals surface area contributed by atoms with Crippen LogP contribution in [0, 0.1) is 17.8 Å². The second-order valence-corrected chi connectivity index (χ2v) is 14.2. The van der Waals surface area contributed by atoms with E-state index in [1.54, 1.807) is 13.8 Å². The van der Waals surface area contributed by atoms with E-state index in [2.05, 4.69) is 28.2 Å². The Kier molecular flexibility index (Phi) is 20.8. The van der Waals surface area contributed by atoms with Gasteiger partial charge in [-0.25, -0.2) is 0 Å². The minimum Gasteiger partial charge on any atom is -0.460 e. The number of rotatable bonds is 15. The Bertz CT molecular complexity index is 1100. The van der Waals surface area contributed by atoms with Crippen molar-refractivity contribution in [3.8, 4) is 0 Å². The minimum absolute atomic E-state index is 0.00678. The van der Waals surface area contributed by atoms with Crippen LogP contribution in [0.3, 0.4) is 0 Å². The van der Waals surface area contributed by atoms with E-state index in [9.17, 15) is 39.0 Å². The van der Waals surface area contributed by atoms with E-state index < -0.39 is 96.9 Å². The summed E-state index contributed by atoms with van der Waals surface area (Å²) in [5.41, 5.74) is 0. The van der Waals surface area contributed by atoms with Gasteiger partial charge in [-0.3, -0.25) is 28.8 Å². The van der Waals surface area contributed by atoms with Crippen molar-refractivity contribution in [3.05, 3.63) is 0 Å². The van der Waals surface area contributed by atoms with Crippen molar-refractivity contribution in [2.45, 2.75) is 155 Å². The summed E-state index contributed by atoms with van der Waals surface area (Å²) in [5.74, 6) is -5.63. The first-order chi connectivity index (χ1) is 23.6. The Labute approximate surface area is 298 Å². The molecular formula is C36H65N5O9. The van der Waals surface area contributed by atoms with Gasteiger partial charge in [0.05, 0.1) is 18.6 Å². The van der Waals surface area contributed by atoms with Gasteiger partial charge in [-0.15, -0.1) is 0 Å². The number of nitrogens with one attached hydrogen (secondary N) is 4. The number of aliphatic hydroxyl groups excluding tert-OH is 2. The van der Waals surface area contributed by atoms with Crippen LogP contribution in [0.5, 0.6) is 0 Å². The van der Waals surface area contributed by atoms with Crippen LogP contribution in [-0.2, 0) is 33.5 Å². The molecule has 1 aliphatic rings. The van der Waals surface area contributed by atoms with Crippen LogP contribution < -0.4 is 21.3 Å². The maximum Gasteiger partial charge on any atom is 0.325 e. The molecule has 8 atom stereocenters. The van der Waals surface area contributed by atoms with Gasteiger partial charge in [-0.2, -0.15) is 0 Å². The van der Waals surface area contributed by atoms with Crippen molar-refractivity contribution in [2.24, 2.45) is 17.8 Å². The summed E-state index contributed by atoms with van der Waals surface area (Å²) in [4.78, 5) is 81.9. The molecule has 1 heterocycles. The highest BCUT2D eigenvalue weighted by molar-refractivity contribution is 5.96. The highest BCUT2D eigenvalue weighted by Crippen LogP contribution is 2.22. The average Bonchev–Trinajstić information content (AvgIpc) is 3.07. The summed E-state index contributed by atoms with van der Waals surface area (Å²) in [5, 5.41) is 30.2. The fourth-order valence-electron chi connectivity index (χ4n) is 5.96. The molecule has 0 aromatic rings. The molecule has 0 saturated carbocycles. The van der Waals surface area contributed by atoms with E-state index in [1.165, 1.54) is 38.1 Å². The van der Waals surface area contributed by atoms with Crippen molar-refractivity contribution in [2.75, 3.05) is 20.2 Å². The first-order valence-electron chi connectivity index (χ1n) is 18.5. The molecule has 0 aromatic carbocycles. The van der Waals surface area contributed by atoms with Gasteiger partial charge in [0.15, 0.2) is 0 Å². The first-order valence-corrected chi connectivity index (χ1v) is 18.5. The number of esters is 1. The lowest BCUT2D eigenvalue weighted by molar-refractivity contribution is -0.157. The third-order valence-electron chi connectivity index (χ3n) is 9.46. The molecule has 50 heavy (non-hydrogen) atoms. The third-order valence-corrected chi connectivity index (χ3v) is 9.46. The fraction of sp³-hybridized carbons (Fsp3) is 0.833. The van der Waals surface area contributed by atoms with Crippen LogP contribution >= 0.6 is 0 Å². The molecule has 0 radical (unpaired) electrons. The Hall–Kier alpha value is -3.26. The zero-order valence-corrected chi connectivity index (χ0v) is 31.6. The molecule has 0 unspecified atom stereocenters. The molecule has 0 aromatic heterocycles. The summed E-state index contributed by atoms with van der Waals surface area (Å²) >= 11 is 0. The zero-order valence-electron chi connectivity index (χ0n) is 31.6. The van der Waals surface area contributed by atoms with Crippen molar-refractivity contribution in [1.82, 2.24) is 26.2 Å². The summed E-state index contributed by atoms with van der Waals surface area (Å²) in [6.45, 7) is 11.0. The van der Waals surface area contributed by atoms with Gasteiger partial charge in [-0.05, 0) is 38.0 Å². The maximum atomic E-state index is 14.0. The fourth-order valence-corrected chi connectivity index (χ4v) is 5.96. The van der Waals surface area contributed by atoms with Gasteiger partial charge in [-0.1, -0.05) is 92.9 Å². The Morgan fingerprint density at radius 1 is 0.800 bits per heavy atom. The number of aliphatic hydroxyl groups is 2. The predicted octanol–water partition coefficient (Wildman–Crippen LogP) is 1.94. The Balaban J connectivity index is 3.50. The van der Waals surface area contributed by atoms with Crippen LogP contribution in [-0.4, -0.2) is 107 Å². The number of likely N-dealkylation sites (N-methyl/N-ethyl adjacent to an activating group) is 1. The smallest absolute Gasteiger partial charge is 0.325 e. The Morgan fingerprint density at radius 3 is 1.92 bits per heavy atom. The molecular weight excluding hydrogens is 646 g/mol. The minimum atomic E-state index is -1.53. The number of unbranched alkanes of at least 4 members (excludes halogenated alkanes) is 7. The van der Waals surface area contributed by atoms with E-state index in [4.69, 9.17) is 4.74 Å². The highest BCUT2D eigenvalue weighted by atomic mass is 16.5. The quantitative estimate of drug-likeness (QED) is 0.108. The van der Waals surface area contributed by atoms with Gasteiger partial charge in [0, 0.05) is 7.05 Å². The molecule has 1 saturated heterocycles. The number of nitrogens with zero attached hydrogens (tertiary/aromatic N) is 1. The number of carbonyl (C=O) groups excluding carboxylic acids is 6. The van der Waals surface area contributed by atoms with Crippen LogP contribution in [0.15, 0.2) is 0 Å². The SMILES string of the molecule is CCCCCCCCCC[C@H]1OC(=O)CNC(=O)[C@H]([C@@H](C)O)NC(=O)[C@H](CO)NC(=O)[C@H]([C@H](C)CC)NC(=O)[C@H](CC(C)C)N(C)C(=O)[C@@H]1C. The van der Waals surface area contributed by atoms with Crippen molar-refractivity contribution >= 4 is 35.5 Å². The highest BCUT2D eigenvalue weighted by Gasteiger charge is 2.38. The topological polar surface area (TPSA) is 203 Å². The molecule has 1 fully saturated rings. The largest absolute Gasteiger partial charge is 0.460 e. The van der Waals surface area contributed by atoms with Crippen LogP contribution in [0.2, 0.25) is 0 Å².